The van der Waals surface area contributed by atoms with Crippen molar-refractivity contribution in [2.24, 2.45) is 0 Å². The molecule has 4 nitrogen and oxygen atoms in total. The summed E-state index contributed by atoms with van der Waals surface area (Å²) in [5.74, 6) is -0.331. The average molecular weight is 255 g/mol. The van der Waals surface area contributed by atoms with E-state index in [0.29, 0.717) is 12.2 Å². The van der Waals surface area contributed by atoms with Gasteiger partial charge in [0, 0.05) is 18.7 Å². The Morgan fingerprint density at radius 2 is 2.39 bits per heavy atom. The Bertz CT molecular complexity index is 400. The molecule has 100 valence electrons. The quantitative estimate of drug-likeness (QED) is 0.872. The van der Waals surface area contributed by atoms with Crippen LogP contribution in [0.5, 0.6) is 5.75 Å². The van der Waals surface area contributed by atoms with E-state index in [-0.39, 0.29) is 25.1 Å². The van der Waals surface area contributed by atoms with Crippen molar-refractivity contribution in [3.63, 3.8) is 0 Å². The third kappa shape index (κ3) is 3.19. The van der Waals surface area contributed by atoms with Gasteiger partial charge in [-0.2, -0.15) is 0 Å². The maximum absolute atomic E-state index is 13.6. The molecule has 1 aliphatic rings. The Hall–Kier alpha value is -1.17. The molecule has 2 rings (SSSR count). The van der Waals surface area contributed by atoms with E-state index >= 15 is 0 Å². The van der Waals surface area contributed by atoms with Gasteiger partial charge in [0.25, 0.3) is 0 Å². The Morgan fingerprint density at radius 1 is 1.56 bits per heavy atom. The van der Waals surface area contributed by atoms with E-state index in [0.717, 1.165) is 13.1 Å². The molecule has 1 aromatic carbocycles. The molecule has 0 amide bonds. The van der Waals surface area contributed by atoms with Crippen LogP contribution in [0.25, 0.3) is 0 Å². The zero-order chi connectivity index (χ0) is 13.0. The van der Waals surface area contributed by atoms with Gasteiger partial charge in [-0.05, 0) is 13.1 Å². The van der Waals surface area contributed by atoms with Crippen LogP contribution in [0.2, 0.25) is 0 Å². The van der Waals surface area contributed by atoms with Gasteiger partial charge in [-0.15, -0.1) is 0 Å². The summed E-state index contributed by atoms with van der Waals surface area (Å²) in [5, 5.41) is 9.14. The molecule has 0 aliphatic carbocycles. The topological polar surface area (TPSA) is 41.9 Å². The summed E-state index contributed by atoms with van der Waals surface area (Å²) in [4.78, 5) is 2.14. The molecule has 1 saturated heterocycles. The van der Waals surface area contributed by atoms with Crippen molar-refractivity contribution in [3.8, 4) is 5.75 Å². The molecule has 18 heavy (non-hydrogen) atoms. The van der Waals surface area contributed by atoms with Crippen molar-refractivity contribution in [1.29, 1.82) is 0 Å². The zero-order valence-corrected chi connectivity index (χ0v) is 10.4. The van der Waals surface area contributed by atoms with Crippen LogP contribution < -0.4 is 4.74 Å². The number of rotatable bonds is 4. The van der Waals surface area contributed by atoms with Gasteiger partial charge in [0.1, 0.15) is 12.7 Å². The van der Waals surface area contributed by atoms with Gasteiger partial charge in [0.05, 0.1) is 13.2 Å². The van der Waals surface area contributed by atoms with Crippen molar-refractivity contribution in [2.75, 3.05) is 33.4 Å². The Labute approximate surface area is 106 Å². The van der Waals surface area contributed by atoms with Crippen molar-refractivity contribution >= 4 is 0 Å². The lowest BCUT2D eigenvalue weighted by atomic mass is 10.2. The lowest BCUT2D eigenvalue weighted by molar-refractivity contribution is -0.0411. The van der Waals surface area contributed by atoms with Gasteiger partial charge >= 0.3 is 0 Å². The molecule has 1 aliphatic heterocycles. The van der Waals surface area contributed by atoms with Gasteiger partial charge < -0.3 is 19.5 Å². The van der Waals surface area contributed by atoms with Gasteiger partial charge in [-0.1, -0.05) is 12.1 Å². The lowest BCUT2D eigenvalue weighted by Crippen LogP contribution is -2.42. The third-order valence-corrected chi connectivity index (χ3v) is 2.97. The Kier molecular flexibility index (Phi) is 4.52. The molecule has 1 fully saturated rings. The summed E-state index contributed by atoms with van der Waals surface area (Å²) >= 11 is 0. The number of aliphatic hydroxyl groups is 1. The Morgan fingerprint density at radius 3 is 3.11 bits per heavy atom. The first-order chi connectivity index (χ1) is 8.70. The second-order valence-electron chi connectivity index (χ2n) is 4.45. The highest BCUT2D eigenvalue weighted by Gasteiger charge is 2.19. The molecular weight excluding hydrogens is 237 g/mol. The number of morpholine rings is 1. The van der Waals surface area contributed by atoms with Crippen LogP contribution in [0, 0.1) is 5.82 Å². The summed E-state index contributed by atoms with van der Waals surface area (Å²) < 4.78 is 24.6. The normalized spacial score (nSPS) is 20.9. The molecule has 1 atom stereocenters. The van der Waals surface area contributed by atoms with E-state index in [1.165, 1.54) is 6.07 Å². The van der Waals surface area contributed by atoms with Crippen molar-refractivity contribution in [1.82, 2.24) is 4.90 Å². The molecule has 0 bridgehead atoms. The maximum Gasteiger partial charge on any atom is 0.165 e. The molecule has 1 N–H and O–H groups in total. The molecule has 0 radical (unpaired) electrons. The highest BCUT2D eigenvalue weighted by molar-refractivity contribution is 5.34. The molecule has 1 aromatic rings. The fraction of sp³-hybridized carbons (Fsp3) is 0.538. The van der Waals surface area contributed by atoms with Crippen LogP contribution in [0.3, 0.4) is 0 Å². The van der Waals surface area contributed by atoms with E-state index < -0.39 is 5.82 Å². The summed E-state index contributed by atoms with van der Waals surface area (Å²) in [7, 11) is 2.01. The molecule has 1 heterocycles. The molecular formula is C13H18FNO3. The third-order valence-electron chi connectivity index (χ3n) is 2.97. The molecule has 0 spiro atoms. The SMILES string of the molecule is CN1CCOC(COc2c(F)cccc2CO)C1. The van der Waals surface area contributed by atoms with Crippen LogP contribution in [-0.4, -0.2) is 49.5 Å². The number of aliphatic hydroxyl groups excluding tert-OH is 1. The molecule has 0 saturated carbocycles. The van der Waals surface area contributed by atoms with Crippen LogP contribution in [0.4, 0.5) is 4.39 Å². The van der Waals surface area contributed by atoms with Crippen LogP contribution >= 0.6 is 0 Å². The van der Waals surface area contributed by atoms with E-state index in [1.807, 2.05) is 7.05 Å². The number of benzene rings is 1. The predicted molar refractivity (Wildman–Crippen MR) is 65.1 cm³/mol. The number of nitrogens with zero attached hydrogens (tertiary/aromatic N) is 1. The number of ether oxygens (including phenoxy) is 2. The smallest absolute Gasteiger partial charge is 0.165 e. The van der Waals surface area contributed by atoms with Crippen LogP contribution in [0.1, 0.15) is 5.56 Å². The van der Waals surface area contributed by atoms with E-state index in [2.05, 4.69) is 4.90 Å². The fourth-order valence-corrected chi connectivity index (χ4v) is 1.98. The molecule has 0 aromatic heterocycles. The highest BCUT2D eigenvalue weighted by Crippen LogP contribution is 2.23. The summed E-state index contributed by atoms with van der Waals surface area (Å²) in [6, 6.07) is 4.52. The minimum atomic E-state index is -0.453. The second-order valence-corrected chi connectivity index (χ2v) is 4.45. The van der Waals surface area contributed by atoms with Crippen molar-refractivity contribution in [3.05, 3.63) is 29.6 Å². The monoisotopic (exact) mass is 255 g/mol. The minimum Gasteiger partial charge on any atom is -0.487 e. The standard InChI is InChI=1S/C13H18FNO3/c1-15-5-6-17-11(7-15)9-18-13-10(8-16)3-2-4-12(13)14/h2-4,11,16H,5-9H2,1H3. The van der Waals surface area contributed by atoms with E-state index in [4.69, 9.17) is 14.6 Å². The zero-order valence-electron chi connectivity index (χ0n) is 10.4. The summed E-state index contributed by atoms with van der Waals surface area (Å²) in [6.45, 7) is 2.38. The number of hydrogen-bond donors (Lipinski definition) is 1. The van der Waals surface area contributed by atoms with E-state index in [1.54, 1.807) is 12.1 Å². The fourth-order valence-electron chi connectivity index (χ4n) is 1.98. The number of para-hydroxylation sites is 1. The average Bonchev–Trinajstić information content (AvgIpc) is 2.37. The van der Waals surface area contributed by atoms with Gasteiger partial charge in [0.15, 0.2) is 11.6 Å². The summed E-state index contributed by atoms with van der Waals surface area (Å²) in [5.41, 5.74) is 0.458. The van der Waals surface area contributed by atoms with Crippen molar-refractivity contribution < 1.29 is 19.0 Å². The van der Waals surface area contributed by atoms with Crippen LogP contribution in [-0.2, 0) is 11.3 Å². The number of hydrogen-bond acceptors (Lipinski definition) is 4. The highest BCUT2D eigenvalue weighted by atomic mass is 19.1. The first-order valence-corrected chi connectivity index (χ1v) is 6.02. The number of halogens is 1. The van der Waals surface area contributed by atoms with Crippen molar-refractivity contribution in [2.45, 2.75) is 12.7 Å². The minimum absolute atomic E-state index is 0.0603. The van der Waals surface area contributed by atoms with Gasteiger partial charge in [0.2, 0.25) is 0 Å². The first kappa shape index (κ1) is 13.3. The predicted octanol–water partition coefficient (Wildman–Crippen LogP) is 1.03. The van der Waals surface area contributed by atoms with Crippen LogP contribution in [0.15, 0.2) is 18.2 Å². The van der Waals surface area contributed by atoms with Gasteiger partial charge in [-0.3, -0.25) is 0 Å². The van der Waals surface area contributed by atoms with Gasteiger partial charge in [-0.25, -0.2) is 4.39 Å². The molecule has 5 heteroatoms. The largest absolute Gasteiger partial charge is 0.487 e. The summed E-state index contributed by atoms with van der Waals surface area (Å²) in [6.07, 6.45) is -0.0603. The lowest BCUT2D eigenvalue weighted by Gasteiger charge is -2.30. The Balaban J connectivity index is 1.97. The maximum atomic E-state index is 13.6. The second kappa shape index (κ2) is 6.13. The number of likely N-dealkylation sites (N-methyl/N-ethyl adjacent to an activating group) is 1. The molecule has 1 unspecified atom stereocenters. The van der Waals surface area contributed by atoms with E-state index in [9.17, 15) is 4.39 Å². The first-order valence-electron chi connectivity index (χ1n) is 6.02.